The second kappa shape index (κ2) is 5.95. The molecule has 0 fully saturated rings. The predicted octanol–water partition coefficient (Wildman–Crippen LogP) is 4.13. The van der Waals surface area contributed by atoms with Crippen LogP contribution >= 0.6 is 0 Å². The molecule has 3 nitrogen and oxygen atoms in total. The smallest absolute Gasteiger partial charge is 0.405 e. The number of para-hydroxylation sites is 1. The van der Waals surface area contributed by atoms with Crippen LogP contribution in [-0.4, -0.2) is 12.6 Å². The second-order valence-electron chi connectivity index (χ2n) is 5.03. The van der Waals surface area contributed by atoms with E-state index in [0.29, 0.717) is 0 Å². The first-order chi connectivity index (χ1) is 8.67. The molecule has 0 aliphatic carbocycles. The molecule has 0 bridgehead atoms. The van der Waals surface area contributed by atoms with Gasteiger partial charge in [0.25, 0.3) is 0 Å². The van der Waals surface area contributed by atoms with Gasteiger partial charge in [0.1, 0.15) is 12.4 Å². The van der Waals surface area contributed by atoms with E-state index in [0.717, 1.165) is 0 Å². The summed E-state index contributed by atoms with van der Waals surface area (Å²) in [6, 6.07) is 5.80. The Labute approximate surface area is 110 Å². The Hall–Kier alpha value is -1.72. The zero-order valence-corrected chi connectivity index (χ0v) is 11.0. The summed E-state index contributed by atoms with van der Waals surface area (Å²) in [6.45, 7) is 5.71. The standard InChI is InChI=1S/C13H16F3NO2/c1-12(2,3)9-17-18-8-10-6-4-5-7-11(10)19-13(14,15)16/h4-7,9H,8H2,1-3H3. The van der Waals surface area contributed by atoms with Crippen LogP contribution in [0.1, 0.15) is 26.3 Å². The third kappa shape index (κ3) is 6.69. The van der Waals surface area contributed by atoms with Crippen LogP contribution in [0, 0.1) is 5.41 Å². The Morgan fingerprint density at radius 2 is 1.79 bits per heavy atom. The lowest BCUT2D eigenvalue weighted by atomic mass is 10.00. The van der Waals surface area contributed by atoms with Crippen LogP contribution in [0.4, 0.5) is 13.2 Å². The molecule has 106 valence electrons. The Bertz CT molecular complexity index is 436. The first-order valence-corrected chi connectivity index (χ1v) is 5.67. The Morgan fingerprint density at radius 3 is 2.37 bits per heavy atom. The van der Waals surface area contributed by atoms with Gasteiger partial charge in [-0.2, -0.15) is 0 Å². The molecular formula is C13H16F3NO2. The highest BCUT2D eigenvalue weighted by molar-refractivity contribution is 5.63. The largest absolute Gasteiger partial charge is 0.573 e. The van der Waals surface area contributed by atoms with Crippen LogP contribution in [0.2, 0.25) is 0 Å². The molecule has 0 amide bonds. The zero-order valence-electron chi connectivity index (χ0n) is 11.0. The number of oxime groups is 1. The van der Waals surface area contributed by atoms with Crippen LogP contribution < -0.4 is 4.74 Å². The highest BCUT2D eigenvalue weighted by Crippen LogP contribution is 2.26. The molecule has 0 aliphatic heterocycles. The summed E-state index contributed by atoms with van der Waals surface area (Å²) in [5, 5.41) is 3.71. The van der Waals surface area contributed by atoms with E-state index in [4.69, 9.17) is 4.84 Å². The lowest BCUT2D eigenvalue weighted by molar-refractivity contribution is -0.275. The van der Waals surface area contributed by atoms with Crippen LogP contribution in [0.25, 0.3) is 0 Å². The lowest BCUT2D eigenvalue weighted by Gasteiger charge is -2.13. The van der Waals surface area contributed by atoms with Crippen molar-refractivity contribution in [3.63, 3.8) is 0 Å². The quantitative estimate of drug-likeness (QED) is 0.611. The molecule has 0 saturated carbocycles. The van der Waals surface area contributed by atoms with Crippen molar-refractivity contribution in [3.05, 3.63) is 29.8 Å². The van der Waals surface area contributed by atoms with E-state index >= 15 is 0 Å². The molecule has 0 unspecified atom stereocenters. The summed E-state index contributed by atoms with van der Waals surface area (Å²) in [6.07, 6.45) is -3.13. The number of nitrogens with zero attached hydrogens (tertiary/aromatic N) is 1. The van der Waals surface area contributed by atoms with E-state index in [1.165, 1.54) is 18.2 Å². The van der Waals surface area contributed by atoms with Crippen molar-refractivity contribution in [3.8, 4) is 5.75 Å². The van der Waals surface area contributed by atoms with Crippen molar-refractivity contribution in [2.45, 2.75) is 33.7 Å². The number of benzene rings is 1. The fourth-order valence-corrected chi connectivity index (χ4v) is 1.15. The maximum atomic E-state index is 12.2. The van der Waals surface area contributed by atoms with Gasteiger partial charge in [0, 0.05) is 17.2 Å². The first-order valence-electron chi connectivity index (χ1n) is 5.67. The highest BCUT2D eigenvalue weighted by atomic mass is 19.4. The minimum atomic E-state index is -4.72. The maximum Gasteiger partial charge on any atom is 0.573 e. The van der Waals surface area contributed by atoms with E-state index in [1.807, 2.05) is 20.8 Å². The van der Waals surface area contributed by atoms with Gasteiger partial charge in [0.05, 0.1) is 0 Å². The summed E-state index contributed by atoms with van der Waals surface area (Å²) in [4.78, 5) is 4.97. The fourth-order valence-electron chi connectivity index (χ4n) is 1.15. The molecule has 0 N–H and O–H groups in total. The monoisotopic (exact) mass is 275 g/mol. The average molecular weight is 275 g/mol. The topological polar surface area (TPSA) is 30.8 Å². The van der Waals surface area contributed by atoms with E-state index < -0.39 is 6.36 Å². The van der Waals surface area contributed by atoms with Crippen LogP contribution in [0.3, 0.4) is 0 Å². The van der Waals surface area contributed by atoms with Crippen molar-refractivity contribution in [1.29, 1.82) is 0 Å². The van der Waals surface area contributed by atoms with Gasteiger partial charge < -0.3 is 9.57 Å². The van der Waals surface area contributed by atoms with E-state index in [2.05, 4.69) is 9.89 Å². The molecule has 1 rings (SSSR count). The van der Waals surface area contributed by atoms with Gasteiger partial charge >= 0.3 is 6.36 Å². The van der Waals surface area contributed by atoms with Crippen molar-refractivity contribution in [2.24, 2.45) is 10.6 Å². The predicted molar refractivity (Wildman–Crippen MR) is 65.9 cm³/mol. The fraction of sp³-hybridized carbons (Fsp3) is 0.462. The van der Waals surface area contributed by atoms with Gasteiger partial charge in [-0.3, -0.25) is 0 Å². The molecule has 0 spiro atoms. The molecule has 0 aromatic heterocycles. The minimum absolute atomic E-state index is 0.0845. The number of hydrogen-bond donors (Lipinski definition) is 0. The maximum absolute atomic E-state index is 12.2. The zero-order chi connectivity index (χ0) is 14.5. The summed E-state index contributed by atoms with van der Waals surface area (Å²) >= 11 is 0. The van der Waals surface area contributed by atoms with Crippen LogP contribution in [0.15, 0.2) is 29.4 Å². The SMILES string of the molecule is CC(C)(C)C=NOCc1ccccc1OC(F)(F)F. The molecule has 1 aromatic carbocycles. The van der Waals surface area contributed by atoms with Gasteiger partial charge in [-0.05, 0) is 6.07 Å². The molecule has 6 heteroatoms. The molecular weight excluding hydrogens is 259 g/mol. The third-order valence-corrected chi connectivity index (χ3v) is 1.93. The van der Waals surface area contributed by atoms with Crippen molar-refractivity contribution < 1.29 is 22.7 Å². The normalized spacial score (nSPS) is 12.7. The molecule has 0 aliphatic rings. The van der Waals surface area contributed by atoms with E-state index in [9.17, 15) is 13.2 Å². The number of ether oxygens (including phenoxy) is 1. The number of halogens is 3. The molecule has 0 atom stereocenters. The summed E-state index contributed by atoms with van der Waals surface area (Å²) < 4.78 is 40.4. The number of alkyl halides is 3. The Balaban J connectivity index is 2.66. The number of hydrogen-bond acceptors (Lipinski definition) is 3. The van der Waals surface area contributed by atoms with E-state index in [-0.39, 0.29) is 23.3 Å². The van der Waals surface area contributed by atoms with Crippen molar-refractivity contribution in [1.82, 2.24) is 0 Å². The molecule has 0 saturated heterocycles. The van der Waals surface area contributed by atoms with Gasteiger partial charge in [-0.25, -0.2) is 0 Å². The van der Waals surface area contributed by atoms with Crippen molar-refractivity contribution in [2.75, 3.05) is 0 Å². The minimum Gasteiger partial charge on any atom is -0.405 e. The first kappa shape index (κ1) is 15.3. The van der Waals surface area contributed by atoms with Gasteiger partial charge in [-0.15, -0.1) is 13.2 Å². The second-order valence-corrected chi connectivity index (χ2v) is 5.03. The summed E-state index contributed by atoms with van der Waals surface area (Å²) in [5.74, 6) is -0.277. The molecule has 19 heavy (non-hydrogen) atoms. The Morgan fingerprint density at radius 1 is 1.16 bits per heavy atom. The van der Waals surface area contributed by atoms with Crippen LogP contribution in [0.5, 0.6) is 5.75 Å². The molecule has 1 aromatic rings. The number of rotatable bonds is 4. The van der Waals surface area contributed by atoms with Gasteiger partial charge in [0.15, 0.2) is 0 Å². The molecule has 0 heterocycles. The molecule has 0 radical (unpaired) electrons. The average Bonchev–Trinajstić information content (AvgIpc) is 2.23. The van der Waals surface area contributed by atoms with E-state index in [1.54, 1.807) is 12.3 Å². The van der Waals surface area contributed by atoms with Gasteiger partial charge in [-0.1, -0.05) is 44.1 Å². The summed E-state index contributed by atoms with van der Waals surface area (Å²) in [7, 11) is 0. The van der Waals surface area contributed by atoms with Crippen molar-refractivity contribution >= 4 is 6.21 Å². The lowest BCUT2D eigenvalue weighted by Crippen LogP contribution is -2.18. The summed E-state index contributed by atoms with van der Waals surface area (Å²) in [5.41, 5.74) is 0.132. The highest BCUT2D eigenvalue weighted by Gasteiger charge is 2.32. The van der Waals surface area contributed by atoms with Crippen LogP contribution in [-0.2, 0) is 11.4 Å². The van der Waals surface area contributed by atoms with Gasteiger partial charge in [0.2, 0.25) is 0 Å². The third-order valence-electron chi connectivity index (χ3n) is 1.93. The Kier molecular flexibility index (Phi) is 4.80.